The topological polar surface area (TPSA) is 70.0 Å². The van der Waals surface area contributed by atoms with Crippen LogP contribution in [0.25, 0.3) is 54.9 Å². The van der Waals surface area contributed by atoms with Gasteiger partial charge in [-0.2, -0.15) is 4.40 Å². The van der Waals surface area contributed by atoms with E-state index in [4.69, 9.17) is 4.98 Å². The van der Waals surface area contributed by atoms with Gasteiger partial charge in [-0.25, -0.2) is 14.8 Å². The molecule has 0 saturated carbocycles. The second-order valence-corrected chi connectivity index (χ2v) is 8.29. The summed E-state index contributed by atoms with van der Waals surface area (Å²) in [5.41, 5.74) is 3.49. The highest BCUT2D eigenvalue weighted by molar-refractivity contribution is 6.00. The highest BCUT2D eigenvalue weighted by Gasteiger charge is 2.19. The van der Waals surface area contributed by atoms with E-state index < -0.39 is 0 Å². The average Bonchev–Trinajstić information content (AvgIpc) is 2.88. The van der Waals surface area contributed by atoms with Crippen LogP contribution in [0.15, 0.2) is 107 Å². The number of hydrogen-bond acceptors (Lipinski definition) is 3. The van der Waals surface area contributed by atoms with Crippen molar-refractivity contribution >= 4 is 54.9 Å². The quantitative estimate of drug-likeness (QED) is 0.352. The van der Waals surface area contributed by atoms with Gasteiger partial charge in [0.1, 0.15) is 16.4 Å². The number of benzene rings is 4. The smallest absolute Gasteiger partial charge is 0.268 e. The molecule has 3 aromatic heterocycles. The van der Waals surface area contributed by atoms with E-state index in [1.54, 1.807) is 14.9 Å². The molecule has 0 atom stereocenters. The van der Waals surface area contributed by atoms with Crippen LogP contribution in [-0.4, -0.2) is 13.8 Å². The monoisotopic (exact) mass is 441 g/mol. The number of nitrogens with one attached hydrogen (secondary N) is 1. The summed E-state index contributed by atoms with van der Waals surface area (Å²) in [7, 11) is 0. The van der Waals surface area contributed by atoms with Crippen LogP contribution in [0.1, 0.15) is 0 Å². The lowest BCUT2D eigenvalue weighted by Gasteiger charge is -2.09. The van der Waals surface area contributed by atoms with Crippen LogP contribution in [0, 0.1) is 0 Å². The van der Waals surface area contributed by atoms with E-state index in [9.17, 15) is 9.59 Å². The Kier molecular flexibility index (Phi) is 3.76. The summed E-state index contributed by atoms with van der Waals surface area (Å²) in [4.78, 5) is 36.1. The molecule has 34 heavy (non-hydrogen) atoms. The third-order valence-electron chi connectivity index (χ3n) is 6.40. The number of rotatable bonds is 0. The van der Waals surface area contributed by atoms with Crippen molar-refractivity contribution in [1.82, 2.24) is 13.8 Å². The normalized spacial score (nSPS) is 11.8. The van der Waals surface area contributed by atoms with Gasteiger partial charge >= 0.3 is 5.56 Å². The Bertz CT molecular complexity index is 1970. The lowest BCUT2D eigenvalue weighted by molar-refractivity contribution is -0.314. The zero-order chi connectivity index (χ0) is 22.8. The van der Waals surface area contributed by atoms with Gasteiger partial charge in [-0.3, -0.25) is 9.20 Å². The molecule has 160 valence electrons. The van der Waals surface area contributed by atoms with Crippen LogP contribution in [0.3, 0.4) is 0 Å². The molecule has 0 aliphatic heterocycles. The molecule has 0 amide bonds. The van der Waals surface area contributed by atoms with Crippen LogP contribution in [0.4, 0.5) is 0 Å². The van der Waals surface area contributed by atoms with Gasteiger partial charge in [0.05, 0.1) is 27.2 Å². The first kappa shape index (κ1) is 18.7. The lowest BCUT2D eigenvalue weighted by atomic mass is 10.1. The molecule has 0 unspecified atom stereocenters. The summed E-state index contributed by atoms with van der Waals surface area (Å²) in [5, 5.41) is 2.56. The molecular weight excluding hydrogens is 424 g/mol. The molecule has 0 saturated heterocycles. The van der Waals surface area contributed by atoms with Crippen molar-refractivity contribution in [2.75, 3.05) is 0 Å². The minimum atomic E-state index is -0.153. The SMILES string of the molecule is O=c1c2ccccc2nc2c3ccccc3n3c(=O)c4ccccc4[nH+]c3c3ccccc3n12. The maximum absolute atomic E-state index is 13.9. The summed E-state index contributed by atoms with van der Waals surface area (Å²) in [6.45, 7) is 0. The van der Waals surface area contributed by atoms with Crippen LogP contribution in [-0.2, 0) is 0 Å². The first-order valence-electron chi connectivity index (χ1n) is 11.0. The number of hydrogen-bond donors (Lipinski definition) is 0. The van der Waals surface area contributed by atoms with Crippen LogP contribution >= 0.6 is 0 Å². The van der Waals surface area contributed by atoms with Gasteiger partial charge in [0.15, 0.2) is 5.65 Å². The molecule has 0 bridgehead atoms. The van der Waals surface area contributed by atoms with E-state index in [2.05, 4.69) is 4.98 Å². The molecule has 4 aromatic carbocycles. The predicted octanol–water partition coefficient (Wildman–Crippen LogP) is 4.30. The Morgan fingerprint density at radius 3 is 1.91 bits per heavy atom. The van der Waals surface area contributed by atoms with Crippen molar-refractivity contribution in [3.05, 3.63) is 118 Å². The van der Waals surface area contributed by atoms with E-state index in [1.165, 1.54) is 0 Å². The fraction of sp³-hybridized carbons (Fsp3) is 0. The van der Waals surface area contributed by atoms with Gasteiger partial charge in [0.2, 0.25) is 0 Å². The average molecular weight is 441 g/mol. The molecule has 0 fully saturated rings. The minimum absolute atomic E-state index is 0.136. The van der Waals surface area contributed by atoms with E-state index in [0.717, 1.165) is 10.9 Å². The number of aromatic amines is 1. The summed E-state index contributed by atoms with van der Waals surface area (Å²) in [6, 6.07) is 30.0. The van der Waals surface area contributed by atoms with E-state index in [1.807, 2.05) is 91.0 Å². The Balaban J connectivity index is 1.97. The van der Waals surface area contributed by atoms with Crippen molar-refractivity contribution in [2.45, 2.75) is 0 Å². The molecule has 3 heterocycles. The van der Waals surface area contributed by atoms with Gasteiger partial charge in [0.25, 0.3) is 11.2 Å². The van der Waals surface area contributed by atoms with Crippen molar-refractivity contribution in [1.29, 1.82) is 0 Å². The van der Waals surface area contributed by atoms with Crippen molar-refractivity contribution in [3.63, 3.8) is 0 Å². The summed E-state index contributed by atoms with van der Waals surface area (Å²) < 4.78 is 3.36. The molecule has 0 radical (unpaired) electrons. The fourth-order valence-corrected chi connectivity index (χ4v) is 4.87. The van der Waals surface area contributed by atoms with Crippen molar-refractivity contribution < 1.29 is 4.98 Å². The maximum atomic E-state index is 13.9. The van der Waals surface area contributed by atoms with Crippen molar-refractivity contribution in [2.24, 2.45) is 0 Å². The Morgan fingerprint density at radius 1 is 0.559 bits per heavy atom. The van der Waals surface area contributed by atoms with Gasteiger partial charge in [-0.1, -0.05) is 48.5 Å². The largest absolute Gasteiger partial charge is 0.350 e. The first-order valence-corrected chi connectivity index (χ1v) is 11.0. The molecule has 7 rings (SSSR count). The van der Waals surface area contributed by atoms with Gasteiger partial charge in [0, 0.05) is 0 Å². The third-order valence-corrected chi connectivity index (χ3v) is 6.40. The van der Waals surface area contributed by atoms with Gasteiger partial charge < -0.3 is 0 Å². The number of H-pyrrole nitrogens is 1. The fourth-order valence-electron chi connectivity index (χ4n) is 4.87. The summed E-state index contributed by atoms with van der Waals surface area (Å²) >= 11 is 0. The minimum Gasteiger partial charge on any atom is -0.268 e. The second-order valence-electron chi connectivity index (χ2n) is 8.29. The molecule has 6 nitrogen and oxygen atoms in total. The molecule has 0 spiro atoms. The summed E-state index contributed by atoms with van der Waals surface area (Å²) in [5.74, 6) is 0. The molecule has 6 heteroatoms. The Morgan fingerprint density at radius 2 is 1.12 bits per heavy atom. The van der Waals surface area contributed by atoms with E-state index in [-0.39, 0.29) is 11.1 Å². The second kappa shape index (κ2) is 6.83. The number of fused-ring (bicyclic) bond motifs is 10. The van der Waals surface area contributed by atoms with Gasteiger partial charge in [-0.05, 0) is 48.5 Å². The molecule has 0 aliphatic rings. The predicted molar refractivity (Wildman–Crippen MR) is 134 cm³/mol. The lowest BCUT2D eigenvalue weighted by Crippen LogP contribution is -2.24. The van der Waals surface area contributed by atoms with Crippen LogP contribution in [0.2, 0.25) is 0 Å². The van der Waals surface area contributed by atoms with Crippen LogP contribution < -0.4 is 16.1 Å². The first-order chi connectivity index (χ1) is 16.7. The maximum Gasteiger partial charge on any atom is 0.350 e. The number of para-hydroxylation sites is 4. The standard InChI is InChI=1S/C28H16N4O2/c33-27-17-9-1-5-13-21(17)29-25-20-12-4-8-16-24(20)32-26(19-11-3-7-15-23(19)31(25)27)30-22-14-6-2-10-18(22)28(32)34/h1-16H/p+1. The number of aromatic nitrogens is 4. The molecule has 7 aromatic rings. The van der Waals surface area contributed by atoms with E-state index >= 15 is 0 Å². The van der Waals surface area contributed by atoms with E-state index in [0.29, 0.717) is 44.0 Å². The summed E-state index contributed by atoms with van der Waals surface area (Å²) in [6.07, 6.45) is 0. The highest BCUT2D eigenvalue weighted by Crippen LogP contribution is 2.24. The zero-order valence-electron chi connectivity index (χ0n) is 17.9. The third kappa shape index (κ3) is 2.45. The van der Waals surface area contributed by atoms with Crippen LogP contribution in [0.5, 0.6) is 0 Å². The Hall–Kier alpha value is -4.84. The van der Waals surface area contributed by atoms with Crippen molar-refractivity contribution in [3.8, 4) is 0 Å². The Labute approximate surface area is 191 Å². The zero-order valence-corrected chi connectivity index (χ0v) is 17.9. The molecular formula is C28H17N4O2+. The highest BCUT2D eigenvalue weighted by atomic mass is 16.1. The molecule has 1 N–H and O–H groups in total. The molecule has 0 aliphatic carbocycles. The number of nitrogens with zero attached hydrogens (tertiary/aromatic N) is 3. The van der Waals surface area contributed by atoms with Gasteiger partial charge in [-0.15, -0.1) is 0 Å².